The summed E-state index contributed by atoms with van der Waals surface area (Å²) in [5.74, 6) is -0.224. The van der Waals surface area contributed by atoms with Crippen molar-refractivity contribution in [1.29, 1.82) is 0 Å². The van der Waals surface area contributed by atoms with Gasteiger partial charge in [-0.05, 0) is 29.8 Å². The molecule has 0 atom stereocenters. The van der Waals surface area contributed by atoms with E-state index in [1.54, 1.807) is 43.4 Å². The van der Waals surface area contributed by atoms with E-state index in [4.69, 9.17) is 34.8 Å². The Labute approximate surface area is 132 Å². The molecule has 0 N–H and O–H groups in total. The van der Waals surface area contributed by atoms with E-state index >= 15 is 0 Å². The summed E-state index contributed by atoms with van der Waals surface area (Å²) in [4.78, 5) is 17.7. The fourth-order valence-corrected chi connectivity index (χ4v) is 2.33. The number of halogens is 3. The molecule has 0 bridgehead atoms. The van der Waals surface area contributed by atoms with Gasteiger partial charge in [0.25, 0.3) is 5.91 Å². The van der Waals surface area contributed by atoms with Gasteiger partial charge in [-0.15, -0.1) is 0 Å². The van der Waals surface area contributed by atoms with Crippen molar-refractivity contribution in [2.45, 2.75) is 6.54 Å². The molecule has 1 aromatic heterocycles. The average molecular weight is 330 g/mol. The largest absolute Gasteiger partial charge is 0.336 e. The van der Waals surface area contributed by atoms with Gasteiger partial charge in [0.15, 0.2) is 0 Å². The van der Waals surface area contributed by atoms with Crippen molar-refractivity contribution in [1.82, 2.24) is 9.88 Å². The molecular formula is C14H11Cl3N2O. The molecule has 104 valence electrons. The minimum atomic E-state index is -0.224. The van der Waals surface area contributed by atoms with E-state index in [-0.39, 0.29) is 11.1 Å². The molecule has 0 saturated carbocycles. The molecule has 1 heterocycles. The second kappa shape index (κ2) is 6.44. The van der Waals surface area contributed by atoms with E-state index in [1.165, 1.54) is 4.90 Å². The number of amides is 1. The number of rotatable bonds is 3. The summed E-state index contributed by atoms with van der Waals surface area (Å²) in [6.45, 7) is 0.364. The van der Waals surface area contributed by atoms with Gasteiger partial charge >= 0.3 is 0 Å². The van der Waals surface area contributed by atoms with Gasteiger partial charge in [0.05, 0.1) is 0 Å². The van der Waals surface area contributed by atoms with E-state index in [9.17, 15) is 4.79 Å². The summed E-state index contributed by atoms with van der Waals surface area (Å²) >= 11 is 17.7. The molecule has 0 fully saturated rings. The predicted octanol–water partition coefficient (Wildman–Crippen LogP) is 4.31. The molecule has 3 nitrogen and oxygen atoms in total. The summed E-state index contributed by atoms with van der Waals surface area (Å²) in [6.07, 6.45) is 0. The SMILES string of the molecule is CN(Cc1ccc(Cl)cc1Cl)C(=O)c1cccc(Cl)n1. The van der Waals surface area contributed by atoms with Gasteiger partial charge in [-0.3, -0.25) is 4.79 Å². The van der Waals surface area contributed by atoms with E-state index in [1.807, 2.05) is 0 Å². The maximum absolute atomic E-state index is 12.2. The van der Waals surface area contributed by atoms with Gasteiger partial charge < -0.3 is 4.90 Å². The molecule has 20 heavy (non-hydrogen) atoms. The van der Waals surface area contributed by atoms with Crippen LogP contribution >= 0.6 is 34.8 Å². The Morgan fingerprint density at radius 1 is 1.20 bits per heavy atom. The molecule has 1 aromatic carbocycles. The molecular weight excluding hydrogens is 319 g/mol. The third kappa shape index (κ3) is 3.63. The van der Waals surface area contributed by atoms with E-state index in [0.29, 0.717) is 22.3 Å². The lowest BCUT2D eigenvalue weighted by atomic mass is 10.2. The van der Waals surface area contributed by atoms with Crippen LogP contribution in [0.4, 0.5) is 0 Å². The standard InChI is InChI=1S/C14H11Cl3N2O/c1-19(8-9-5-6-10(15)7-11(9)16)14(20)12-3-2-4-13(17)18-12/h2-7H,8H2,1H3. The average Bonchev–Trinajstić information content (AvgIpc) is 2.41. The van der Waals surface area contributed by atoms with Crippen molar-refractivity contribution >= 4 is 40.7 Å². The number of hydrogen-bond acceptors (Lipinski definition) is 2. The monoisotopic (exact) mass is 328 g/mol. The molecule has 1 amide bonds. The fourth-order valence-electron chi connectivity index (χ4n) is 1.70. The van der Waals surface area contributed by atoms with Crippen LogP contribution in [0.15, 0.2) is 36.4 Å². The summed E-state index contributed by atoms with van der Waals surface area (Å²) in [5.41, 5.74) is 1.11. The van der Waals surface area contributed by atoms with Crippen molar-refractivity contribution in [2.75, 3.05) is 7.05 Å². The number of aromatic nitrogens is 1. The van der Waals surface area contributed by atoms with Crippen LogP contribution in [-0.2, 0) is 6.54 Å². The summed E-state index contributed by atoms with van der Waals surface area (Å²) in [6, 6.07) is 10.1. The molecule has 0 aliphatic rings. The Balaban J connectivity index is 2.15. The first kappa shape index (κ1) is 15.1. The van der Waals surface area contributed by atoms with Crippen LogP contribution in [0, 0.1) is 0 Å². The van der Waals surface area contributed by atoms with Gasteiger partial charge in [-0.1, -0.05) is 46.9 Å². The van der Waals surface area contributed by atoms with Gasteiger partial charge in [0.2, 0.25) is 0 Å². The summed E-state index contributed by atoms with van der Waals surface area (Å²) in [5, 5.41) is 1.37. The van der Waals surface area contributed by atoms with E-state index in [2.05, 4.69) is 4.98 Å². The topological polar surface area (TPSA) is 33.2 Å². The zero-order valence-corrected chi connectivity index (χ0v) is 12.9. The number of nitrogens with zero attached hydrogens (tertiary/aromatic N) is 2. The molecule has 0 aliphatic heterocycles. The maximum atomic E-state index is 12.2. The number of carbonyl (C=O) groups is 1. The van der Waals surface area contributed by atoms with Crippen LogP contribution in [0.25, 0.3) is 0 Å². The number of hydrogen-bond donors (Lipinski definition) is 0. The Morgan fingerprint density at radius 2 is 1.95 bits per heavy atom. The second-order valence-electron chi connectivity index (χ2n) is 4.24. The third-order valence-electron chi connectivity index (χ3n) is 2.70. The smallest absolute Gasteiger partial charge is 0.272 e. The highest BCUT2D eigenvalue weighted by molar-refractivity contribution is 6.35. The van der Waals surface area contributed by atoms with Gasteiger partial charge in [0, 0.05) is 23.6 Å². The number of carbonyl (C=O) groups excluding carboxylic acids is 1. The highest BCUT2D eigenvalue weighted by Gasteiger charge is 2.15. The van der Waals surface area contributed by atoms with Crippen LogP contribution in [0.3, 0.4) is 0 Å². The molecule has 2 rings (SSSR count). The first-order chi connectivity index (χ1) is 9.47. The first-order valence-electron chi connectivity index (χ1n) is 5.79. The molecule has 2 aromatic rings. The highest BCUT2D eigenvalue weighted by atomic mass is 35.5. The summed E-state index contributed by atoms with van der Waals surface area (Å²) in [7, 11) is 1.68. The Hall–Kier alpha value is -1.29. The predicted molar refractivity (Wildman–Crippen MR) is 81.5 cm³/mol. The lowest BCUT2D eigenvalue weighted by molar-refractivity contribution is 0.0779. The van der Waals surface area contributed by atoms with E-state index < -0.39 is 0 Å². The van der Waals surface area contributed by atoms with Crippen molar-refractivity contribution < 1.29 is 4.79 Å². The third-order valence-corrected chi connectivity index (χ3v) is 3.50. The van der Waals surface area contributed by atoms with Gasteiger partial charge in [0.1, 0.15) is 10.8 Å². The van der Waals surface area contributed by atoms with Crippen LogP contribution in [-0.4, -0.2) is 22.8 Å². The van der Waals surface area contributed by atoms with E-state index in [0.717, 1.165) is 5.56 Å². The number of benzene rings is 1. The maximum Gasteiger partial charge on any atom is 0.272 e. The second-order valence-corrected chi connectivity index (χ2v) is 5.47. The van der Waals surface area contributed by atoms with Crippen molar-refractivity contribution in [3.05, 3.63) is 62.9 Å². The fraction of sp³-hybridized carbons (Fsp3) is 0.143. The van der Waals surface area contributed by atoms with Gasteiger partial charge in [-0.25, -0.2) is 4.98 Å². The molecule has 0 radical (unpaired) electrons. The first-order valence-corrected chi connectivity index (χ1v) is 6.92. The number of pyridine rings is 1. The Kier molecular flexibility index (Phi) is 4.86. The van der Waals surface area contributed by atoms with Gasteiger partial charge in [-0.2, -0.15) is 0 Å². The lowest BCUT2D eigenvalue weighted by Gasteiger charge is -2.17. The molecule has 0 saturated heterocycles. The van der Waals surface area contributed by atoms with Crippen molar-refractivity contribution in [3.63, 3.8) is 0 Å². The Morgan fingerprint density at radius 3 is 2.60 bits per heavy atom. The molecule has 6 heteroatoms. The van der Waals surface area contributed by atoms with Crippen LogP contribution < -0.4 is 0 Å². The Bertz CT molecular complexity index is 646. The molecule has 0 unspecified atom stereocenters. The highest BCUT2D eigenvalue weighted by Crippen LogP contribution is 2.22. The summed E-state index contributed by atoms with van der Waals surface area (Å²) < 4.78 is 0. The minimum Gasteiger partial charge on any atom is -0.336 e. The minimum absolute atomic E-state index is 0.224. The van der Waals surface area contributed by atoms with Crippen LogP contribution in [0.2, 0.25) is 15.2 Å². The quantitative estimate of drug-likeness (QED) is 0.786. The normalized spacial score (nSPS) is 10.4. The van der Waals surface area contributed by atoms with Crippen LogP contribution in [0.1, 0.15) is 16.1 Å². The zero-order valence-electron chi connectivity index (χ0n) is 10.6. The van der Waals surface area contributed by atoms with Crippen LogP contribution in [0.5, 0.6) is 0 Å². The van der Waals surface area contributed by atoms with Crippen molar-refractivity contribution in [3.8, 4) is 0 Å². The lowest BCUT2D eigenvalue weighted by Crippen LogP contribution is -2.27. The molecule has 0 aliphatic carbocycles. The van der Waals surface area contributed by atoms with Crippen molar-refractivity contribution in [2.24, 2.45) is 0 Å². The zero-order chi connectivity index (χ0) is 14.7. The molecule has 0 spiro atoms.